The molecule has 2 bridgehead atoms. The molecule has 0 spiro atoms. The summed E-state index contributed by atoms with van der Waals surface area (Å²) < 4.78 is 0. The molecule has 5 rings (SSSR count). The van der Waals surface area contributed by atoms with E-state index in [2.05, 4.69) is 40.3 Å². The van der Waals surface area contributed by atoms with Gasteiger partial charge in [-0.1, -0.05) is 44.9 Å². The number of hydrogen-bond acceptors (Lipinski definition) is 5. The Balaban J connectivity index is 1.39. The normalized spacial score (nSPS) is 35.0. The second-order valence-corrected chi connectivity index (χ2v) is 11.5. The maximum absolute atomic E-state index is 5.16. The lowest BCUT2D eigenvalue weighted by molar-refractivity contribution is 0.246. The molecule has 3 fully saturated rings. The first-order chi connectivity index (χ1) is 16.2. The van der Waals surface area contributed by atoms with Crippen LogP contribution in [-0.4, -0.2) is 41.7 Å². The van der Waals surface area contributed by atoms with Gasteiger partial charge in [0.15, 0.2) is 0 Å². The van der Waals surface area contributed by atoms with Gasteiger partial charge < -0.3 is 21.3 Å². The summed E-state index contributed by atoms with van der Waals surface area (Å²) in [5, 5.41) is 15.8. The molecule has 1 aliphatic heterocycles. The molecule has 184 valence electrons. The van der Waals surface area contributed by atoms with Gasteiger partial charge in [0, 0.05) is 49.8 Å². The molecule has 4 aliphatic rings. The highest BCUT2D eigenvalue weighted by Crippen LogP contribution is 2.33. The molecule has 0 amide bonds. The zero-order chi connectivity index (χ0) is 22.5. The average molecular weight is 454 g/mol. The van der Waals surface area contributed by atoms with E-state index in [4.69, 9.17) is 4.98 Å². The van der Waals surface area contributed by atoms with Crippen LogP contribution in [0, 0.1) is 0 Å². The van der Waals surface area contributed by atoms with E-state index in [1.807, 2.05) is 0 Å². The fourth-order valence-electron chi connectivity index (χ4n) is 6.95. The predicted octanol–water partition coefficient (Wildman–Crippen LogP) is 4.51. The molecule has 0 radical (unpaired) electrons. The van der Waals surface area contributed by atoms with Gasteiger partial charge in [0.05, 0.1) is 11.4 Å². The van der Waals surface area contributed by atoms with Gasteiger partial charge in [0.2, 0.25) is 0 Å². The van der Waals surface area contributed by atoms with E-state index in [0.29, 0.717) is 30.2 Å². The predicted molar refractivity (Wildman–Crippen MR) is 136 cm³/mol. The third-order valence-electron chi connectivity index (χ3n) is 8.84. The fourth-order valence-corrected chi connectivity index (χ4v) is 6.95. The highest BCUT2D eigenvalue weighted by Gasteiger charge is 2.28. The standard InChI is InChI=1S/C28H47N5/c1-20-17-29-25-11-5-6-12-26(25)30-18-23-15-22(21-9-3-2-4-10-21)16-24(33-23)19-31-27-13-7-8-14-28(27)32-20/h15-16,20-21,25-32H,2-14,17-19H2,1H3/t20-,25+,26+,27+,28+/m0/s1. The van der Waals surface area contributed by atoms with Crippen LogP contribution in [0.5, 0.6) is 0 Å². The molecule has 1 aromatic rings. The van der Waals surface area contributed by atoms with Crippen LogP contribution < -0.4 is 21.3 Å². The number of rotatable bonds is 1. The summed E-state index contributed by atoms with van der Waals surface area (Å²) in [7, 11) is 0. The topological polar surface area (TPSA) is 61.0 Å². The summed E-state index contributed by atoms with van der Waals surface area (Å²) in [6.07, 6.45) is 17.4. The van der Waals surface area contributed by atoms with Gasteiger partial charge in [-0.05, 0) is 69.1 Å². The Morgan fingerprint density at radius 1 is 0.636 bits per heavy atom. The number of pyridine rings is 1. The SMILES string of the molecule is C[C@H]1CN[C@@H]2CCCC[C@H]2NCc2cc(C3CCCCC3)cc(n2)CN[C@@H]2CCCC[C@H]2N1. The number of nitrogens with zero attached hydrogens (tertiary/aromatic N) is 1. The van der Waals surface area contributed by atoms with Crippen LogP contribution in [0.25, 0.3) is 0 Å². The number of aromatic nitrogens is 1. The second kappa shape index (κ2) is 11.6. The Labute approximate surface area is 201 Å². The molecule has 2 heterocycles. The molecule has 5 nitrogen and oxygen atoms in total. The van der Waals surface area contributed by atoms with Crippen molar-refractivity contribution in [2.24, 2.45) is 0 Å². The van der Waals surface area contributed by atoms with Crippen molar-refractivity contribution < 1.29 is 0 Å². The van der Waals surface area contributed by atoms with Gasteiger partial charge in [0.1, 0.15) is 0 Å². The summed E-state index contributed by atoms with van der Waals surface area (Å²) in [4.78, 5) is 5.16. The van der Waals surface area contributed by atoms with Crippen LogP contribution >= 0.6 is 0 Å². The Kier molecular flexibility index (Phi) is 8.35. The first kappa shape index (κ1) is 23.7. The molecule has 1 aromatic heterocycles. The number of hydrogen-bond donors (Lipinski definition) is 4. The number of nitrogens with one attached hydrogen (secondary N) is 4. The van der Waals surface area contributed by atoms with E-state index >= 15 is 0 Å². The highest BCUT2D eigenvalue weighted by atomic mass is 15.1. The summed E-state index contributed by atoms with van der Waals surface area (Å²) >= 11 is 0. The Bertz CT molecular complexity index is 746. The third-order valence-corrected chi connectivity index (χ3v) is 8.84. The molecule has 0 saturated heterocycles. The minimum atomic E-state index is 0.502. The first-order valence-electron chi connectivity index (χ1n) is 14.2. The van der Waals surface area contributed by atoms with E-state index < -0.39 is 0 Å². The Morgan fingerprint density at radius 3 is 1.79 bits per heavy atom. The van der Waals surface area contributed by atoms with Crippen molar-refractivity contribution in [3.63, 3.8) is 0 Å². The van der Waals surface area contributed by atoms with Crippen molar-refractivity contribution in [1.29, 1.82) is 0 Å². The lowest BCUT2D eigenvalue weighted by atomic mass is 9.84. The monoisotopic (exact) mass is 453 g/mol. The average Bonchev–Trinajstić information content (AvgIpc) is 2.86. The van der Waals surface area contributed by atoms with E-state index in [0.717, 1.165) is 25.6 Å². The summed E-state index contributed by atoms with van der Waals surface area (Å²) in [5.41, 5.74) is 4.05. The van der Waals surface area contributed by atoms with Crippen molar-refractivity contribution in [2.75, 3.05) is 6.54 Å². The first-order valence-corrected chi connectivity index (χ1v) is 14.2. The van der Waals surface area contributed by atoms with Gasteiger partial charge in [-0.25, -0.2) is 0 Å². The van der Waals surface area contributed by atoms with Crippen LogP contribution in [0.15, 0.2) is 12.1 Å². The lowest BCUT2D eigenvalue weighted by Crippen LogP contribution is -2.56. The van der Waals surface area contributed by atoms with Crippen molar-refractivity contribution in [2.45, 2.75) is 140 Å². The highest BCUT2D eigenvalue weighted by molar-refractivity contribution is 5.26. The van der Waals surface area contributed by atoms with Crippen LogP contribution in [-0.2, 0) is 13.1 Å². The molecule has 3 aliphatic carbocycles. The van der Waals surface area contributed by atoms with Gasteiger partial charge in [0.25, 0.3) is 0 Å². The fraction of sp³-hybridized carbons (Fsp3) is 0.821. The van der Waals surface area contributed by atoms with Crippen LogP contribution in [0.2, 0.25) is 0 Å². The molecule has 0 unspecified atom stereocenters. The summed E-state index contributed by atoms with van der Waals surface area (Å²) in [6.45, 7) is 5.22. The molecule has 5 atom stereocenters. The van der Waals surface area contributed by atoms with Crippen LogP contribution in [0.4, 0.5) is 0 Å². The Morgan fingerprint density at radius 2 is 1.15 bits per heavy atom. The maximum atomic E-state index is 5.16. The molecular formula is C28H47N5. The summed E-state index contributed by atoms with van der Waals surface area (Å²) in [5.74, 6) is 0.732. The van der Waals surface area contributed by atoms with Crippen LogP contribution in [0.3, 0.4) is 0 Å². The van der Waals surface area contributed by atoms with E-state index in [9.17, 15) is 0 Å². The van der Waals surface area contributed by atoms with Crippen LogP contribution in [0.1, 0.15) is 113 Å². The maximum Gasteiger partial charge on any atom is 0.0548 e. The minimum absolute atomic E-state index is 0.502. The zero-order valence-electron chi connectivity index (χ0n) is 20.9. The van der Waals surface area contributed by atoms with Gasteiger partial charge in [-0.2, -0.15) is 0 Å². The molecule has 4 N–H and O–H groups in total. The molecule has 5 heteroatoms. The van der Waals surface area contributed by atoms with E-state index in [-0.39, 0.29) is 0 Å². The van der Waals surface area contributed by atoms with Gasteiger partial charge in [-0.3, -0.25) is 4.98 Å². The van der Waals surface area contributed by atoms with Crippen molar-refractivity contribution in [3.05, 3.63) is 29.1 Å². The largest absolute Gasteiger partial charge is 0.311 e. The quantitative estimate of drug-likeness (QED) is 0.504. The lowest BCUT2D eigenvalue weighted by Gasteiger charge is -2.37. The number of fused-ring (bicyclic) bond motifs is 4. The molecule has 3 saturated carbocycles. The molecule has 33 heavy (non-hydrogen) atoms. The van der Waals surface area contributed by atoms with E-state index in [1.54, 1.807) is 5.56 Å². The van der Waals surface area contributed by atoms with Crippen molar-refractivity contribution in [1.82, 2.24) is 26.3 Å². The smallest absolute Gasteiger partial charge is 0.0548 e. The minimum Gasteiger partial charge on any atom is -0.311 e. The third kappa shape index (κ3) is 6.36. The van der Waals surface area contributed by atoms with Gasteiger partial charge >= 0.3 is 0 Å². The van der Waals surface area contributed by atoms with Crippen molar-refractivity contribution >= 4 is 0 Å². The molecular weight excluding hydrogens is 406 g/mol. The van der Waals surface area contributed by atoms with Crippen molar-refractivity contribution in [3.8, 4) is 0 Å². The summed E-state index contributed by atoms with van der Waals surface area (Å²) in [6, 6.07) is 7.63. The van der Waals surface area contributed by atoms with E-state index in [1.165, 1.54) is 94.9 Å². The molecule has 0 aromatic carbocycles. The second-order valence-electron chi connectivity index (χ2n) is 11.5. The Hall–Kier alpha value is -1.01. The zero-order valence-corrected chi connectivity index (χ0v) is 20.9. The van der Waals surface area contributed by atoms with Gasteiger partial charge in [-0.15, -0.1) is 0 Å².